The number of alkyl halides is 3. The Kier molecular flexibility index (Phi) is 5.49. The van der Waals surface area contributed by atoms with Gasteiger partial charge in [0.15, 0.2) is 0 Å². The van der Waals surface area contributed by atoms with Gasteiger partial charge in [-0.3, -0.25) is 0 Å². The molecular formula is C23H20F3N3O3. The largest absolute Gasteiger partial charge is 0.490 e. The highest BCUT2D eigenvalue weighted by Gasteiger charge is 2.52. The number of hydrogen-bond donors (Lipinski definition) is 3. The monoisotopic (exact) mass is 443 g/mol. The maximum atomic E-state index is 13.3. The Hall–Kier alpha value is -3.27. The molecule has 2 aromatic rings. The number of nitrogens with zero attached hydrogens (tertiary/aromatic N) is 2. The van der Waals surface area contributed by atoms with Gasteiger partial charge in [-0.05, 0) is 67.1 Å². The summed E-state index contributed by atoms with van der Waals surface area (Å²) in [7, 11) is 0. The molecule has 2 aliphatic rings. The van der Waals surface area contributed by atoms with Crippen LogP contribution in [0.1, 0.15) is 35.1 Å². The van der Waals surface area contributed by atoms with Crippen LogP contribution in [0.15, 0.2) is 36.4 Å². The quantitative estimate of drug-likeness (QED) is 0.671. The zero-order chi connectivity index (χ0) is 23.1. The van der Waals surface area contributed by atoms with E-state index in [1.165, 1.54) is 0 Å². The van der Waals surface area contributed by atoms with Crippen molar-refractivity contribution < 1.29 is 28.1 Å². The molecule has 1 aliphatic heterocycles. The second kappa shape index (κ2) is 8.01. The number of benzene rings is 2. The number of aliphatic hydroxyl groups is 2. The summed E-state index contributed by atoms with van der Waals surface area (Å²) in [5, 5.41) is 43.2. The molecule has 0 spiro atoms. The van der Waals surface area contributed by atoms with Crippen LogP contribution in [0.25, 0.3) is 0 Å². The number of fused-ring (bicyclic) bond motifs is 2. The van der Waals surface area contributed by atoms with Crippen molar-refractivity contribution in [2.75, 3.05) is 11.9 Å². The highest BCUT2D eigenvalue weighted by molar-refractivity contribution is 5.62. The van der Waals surface area contributed by atoms with Gasteiger partial charge >= 0.3 is 6.18 Å². The molecule has 9 heteroatoms. The molecule has 1 aliphatic carbocycles. The number of halogens is 3. The Morgan fingerprint density at radius 2 is 1.84 bits per heavy atom. The van der Waals surface area contributed by atoms with Gasteiger partial charge in [0, 0.05) is 5.69 Å². The number of nitrogens with one attached hydrogen (secondary N) is 1. The van der Waals surface area contributed by atoms with Gasteiger partial charge in [0.25, 0.3) is 0 Å². The van der Waals surface area contributed by atoms with Crippen LogP contribution in [-0.4, -0.2) is 34.6 Å². The third-order valence-corrected chi connectivity index (χ3v) is 6.31. The van der Waals surface area contributed by atoms with E-state index in [-0.39, 0.29) is 25.4 Å². The van der Waals surface area contributed by atoms with E-state index in [1.807, 2.05) is 6.07 Å². The van der Waals surface area contributed by atoms with Gasteiger partial charge in [-0.1, -0.05) is 0 Å². The van der Waals surface area contributed by atoms with Gasteiger partial charge in [-0.2, -0.15) is 23.7 Å². The molecule has 32 heavy (non-hydrogen) atoms. The zero-order valence-corrected chi connectivity index (χ0v) is 16.9. The number of rotatable bonds is 3. The average Bonchev–Trinajstić information content (AvgIpc) is 2.78. The zero-order valence-electron chi connectivity index (χ0n) is 16.9. The molecule has 0 radical (unpaired) electrons. The third-order valence-electron chi connectivity index (χ3n) is 6.31. The lowest BCUT2D eigenvalue weighted by molar-refractivity contribution is -0.142. The number of anilines is 1. The minimum Gasteiger partial charge on any atom is -0.490 e. The van der Waals surface area contributed by atoms with Crippen molar-refractivity contribution in [3.05, 3.63) is 58.7 Å². The molecule has 3 N–H and O–H groups in total. The Bertz CT molecular complexity index is 1100. The van der Waals surface area contributed by atoms with Crippen molar-refractivity contribution in [3.8, 4) is 17.9 Å². The summed E-state index contributed by atoms with van der Waals surface area (Å²) in [5.74, 6) is 0.180. The summed E-state index contributed by atoms with van der Waals surface area (Å²) in [6.07, 6.45) is -4.70. The molecule has 4 rings (SSSR count). The Labute approximate surface area is 182 Å². The Balaban J connectivity index is 1.62. The van der Waals surface area contributed by atoms with Crippen molar-refractivity contribution in [3.63, 3.8) is 0 Å². The minimum atomic E-state index is -4.64. The molecule has 0 saturated heterocycles. The smallest absolute Gasteiger partial charge is 0.417 e. The van der Waals surface area contributed by atoms with Crippen molar-refractivity contribution in [1.82, 2.24) is 0 Å². The molecule has 0 amide bonds. The molecule has 0 aromatic heterocycles. The van der Waals surface area contributed by atoms with Gasteiger partial charge in [-0.15, -0.1) is 0 Å². The van der Waals surface area contributed by atoms with Crippen LogP contribution >= 0.6 is 0 Å². The van der Waals surface area contributed by atoms with Crippen LogP contribution in [-0.2, 0) is 12.6 Å². The first-order valence-corrected chi connectivity index (χ1v) is 10.1. The minimum absolute atomic E-state index is 0.227. The average molecular weight is 443 g/mol. The van der Waals surface area contributed by atoms with E-state index >= 15 is 0 Å². The van der Waals surface area contributed by atoms with Gasteiger partial charge < -0.3 is 20.3 Å². The van der Waals surface area contributed by atoms with E-state index in [2.05, 4.69) is 5.32 Å². The highest BCUT2D eigenvalue weighted by Crippen LogP contribution is 2.44. The fourth-order valence-corrected chi connectivity index (χ4v) is 4.60. The molecule has 1 heterocycles. The fourth-order valence-electron chi connectivity index (χ4n) is 4.60. The summed E-state index contributed by atoms with van der Waals surface area (Å²) in [6, 6.07) is 11.3. The van der Waals surface area contributed by atoms with Gasteiger partial charge in [-0.25, -0.2) is 0 Å². The van der Waals surface area contributed by atoms with E-state index in [4.69, 9.17) is 10.00 Å². The van der Waals surface area contributed by atoms with Crippen LogP contribution < -0.4 is 10.1 Å². The molecule has 1 fully saturated rings. The predicted molar refractivity (Wildman–Crippen MR) is 108 cm³/mol. The SMILES string of the molecule is N#Cc1ccc(OC[C@]2(O)C(O)CCC3Cc4cc(C(F)(F)F)c(C#N)cc4NC32)cc1. The predicted octanol–water partition coefficient (Wildman–Crippen LogP) is 3.37. The summed E-state index contributed by atoms with van der Waals surface area (Å²) in [5.41, 5.74) is -1.98. The highest BCUT2D eigenvalue weighted by atomic mass is 19.4. The molecule has 2 aromatic carbocycles. The first kappa shape index (κ1) is 21.9. The second-order valence-electron chi connectivity index (χ2n) is 8.26. The molecule has 3 unspecified atom stereocenters. The number of aliphatic hydroxyl groups excluding tert-OH is 1. The van der Waals surface area contributed by atoms with Gasteiger partial charge in [0.05, 0.1) is 41.0 Å². The first-order chi connectivity index (χ1) is 15.2. The van der Waals surface area contributed by atoms with E-state index < -0.39 is 35.1 Å². The molecule has 1 saturated carbocycles. The summed E-state index contributed by atoms with van der Waals surface area (Å²) in [6.45, 7) is -0.255. The first-order valence-electron chi connectivity index (χ1n) is 10.1. The lowest BCUT2D eigenvalue weighted by Gasteiger charge is -2.50. The maximum Gasteiger partial charge on any atom is 0.417 e. The lowest BCUT2D eigenvalue weighted by Crippen LogP contribution is -2.65. The van der Waals surface area contributed by atoms with E-state index in [1.54, 1.807) is 30.3 Å². The van der Waals surface area contributed by atoms with Gasteiger partial charge in [0.1, 0.15) is 18.0 Å². The summed E-state index contributed by atoms with van der Waals surface area (Å²) in [4.78, 5) is 0. The van der Waals surface area contributed by atoms with Crippen LogP contribution in [0.2, 0.25) is 0 Å². The van der Waals surface area contributed by atoms with E-state index in [0.29, 0.717) is 29.0 Å². The normalized spacial score (nSPS) is 26.7. The number of nitriles is 2. The van der Waals surface area contributed by atoms with Gasteiger partial charge in [0.2, 0.25) is 0 Å². The lowest BCUT2D eigenvalue weighted by atomic mass is 9.68. The Morgan fingerprint density at radius 3 is 2.47 bits per heavy atom. The topological polar surface area (TPSA) is 109 Å². The molecule has 0 bridgehead atoms. The summed E-state index contributed by atoms with van der Waals surface area (Å²) < 4.78 is 45.7. The van der Waals surface area contributed by atoms with Crippen LogP contribution in [0, 0.1) is 28.6 Å². The van der Waals surface area contributed by atoms with Crippen molar-refractivity contribution in [1.29, 1.82) is 10.5 Å². The Morgan fingerprint density at radius 1 is 1.12 bits per heavy atom. The van der Waals surface area contributed by atoms with Crippen LogP contribution in [0.4, 0.5) is 18.9 Å². The van der Waals surface area contributed by atoms with Crippen LogP contribution in [0.5, 0.6) is 5.75 Å². The maximum absolute atomic E-state index is 13.3. The standard InChI is InChI=1S/C23H20F3N3O3/c24-23(25,26)18-8-15-7-14-3-6-20(30)22(31,21(14)29-19(15)9-16(18)11-28)12-32-17-4-1-13(10-27)2-5-17/h1-2,4-5,8-9,14,20-21,29-31H,3,6-7,12H2/t14?,20?,21?,22-/m0/s1. The second-order valence-corrected chi connectivity index (χ2v) is 8.26. The molecule has 6 nitrogen and oxygen atoms in total. The van der Waals surface area contributed by atoms with E-state index in [0.717, 1.165) is 12.1 Å². The summed E-state index contributed by atoms with van der Waals surface area (Å²) >= 11 is 0. The number of ether oxygens (including phenoxy) is 1. The molecular weight excluding hydrogens is 423 g/mol. The van der Waals surface area contributed by atoms with Crippen LogP contribution in [0.3, 0.4) is 0 Å². The fraction of sp³-hybridized carbons (Fsp3) is 0.391. The molecule has 4 atom stereocenters. The van der Waals surface area contributed by atoms with Crippen molar-refractivity contribution in [2.45, 2.75) is 43.2 Å². The third kappa shape index (κ3) is 3.86. The molecule has 166 valence electrons. The van der Waals surface area contributed by atoms with E-state index in [9.17, 15) is 28.6 Å². The van der Waals surface area contributed by atoms with Crippen molar-refractivity contribution >= 4 is 5.69 Å². The van der Waals surface area contributed by atoms with Crippen molar-refractivity contribution in [2.24, 2.45) is 5.92 Å². The number of hydrogen-bond acceptors (Lipinski definition) is 6.